The van der Waals surface area contributed by atoms with Crippen molar-refractivity contribution in [1.29, 1.82) is 0 Å². The highest BCUT2D eigenvalue weighted by Crippen LogP contribution is 2.37. The van der Waals surface area contributed by atoms with E-state index in [1.807, 2.05) is 12.1 Å². The third-order valence-electron chi connectivity index (χ3n) is 4.51. The van der Waals surface area contributed by atoms with E-state index in [2.05, 4.69) is 16.4 Å². The third-order valence-corrected chi connectivity index (χ3v) is 5.94. The Kier molecular flexibility index (Phi) is 4.36. The smallest absolute Gasteiger partial charge is 0.257 e. The first-order valence-electron chi connectivity index (χ1n) is 8.22. The summed E-state index contributed by atoms with van der Waals surface area (Å²) >= 11 is 7.58. The first kappa shape index (κ1) is 16.4. The van der Waals surface area contributed by atoms with E-state index in [-0.39, 0.29) is 5.91 Å². The largest absolute Gasteiger partial charge is 0.494 e. The number of methoxy groups -OCH3 is 1. The van der Waals surface area contributed by atoms with Gasteiger partial charge in [-0.1, -0.05) is 29.0 Å². The minimum absolute atomic E-state index is 0.150. The minimum atomic E-state index is -0.150. The van der Waals surface area contributed by atoms with E-state index in [9.17, 15) is 4.79 Å². The Hall–Kier alpha value is -2.11. The number of halogens is 1. The molecule has 0 aliphatic heterocycles. The number of carbonyl (C=O) groups is 1. The second-order valence-corrected chi connectivity index (χ2v) is 7.50. The fourth-order valence-corrected chi connectivity index (χ4v) is 4.37. The number of aryl methyl sites for hydroxylation is 2. The Morgan fingerprint density at radius 3 is 2.80 bits per heavy atom. The van der Waals surface area contributed by atoms with Crippen LogP contribution in [0.2, 0.25) is 5.02 Å². The molecule has 3 aromatic rings. The highest BCUT2D eigenvalue weighted by molar-refractivity contribution is 7.23. The van der Waals surface area contributed by atoms with Crippen LogP contribution >= 0.6 is 22.9 Å². The molecule has 25 heavy (non-hydrogen) atoms. The number of hydrogen-bond acceptors (Lipinski definition) is 4. The lowest BCUT2D eigenvalue weighted by atomic mass is 9.90. The number of rotatable bonds is 3. The molecule has 6 heteroatoms. The fourth-order valence-electron chi connectivity index (χ4n) is 3.21. The average Bonchev–Trinajstić information content (AvgIpc) is 3.06. The van der Waals surface area contributed by atoms with Gasteiger partial charge in [0, 0.05) is 5.56 Å². The quantitative estimate of drug-likeness (QED) is 0.696. The molecule has 0 unspecified atom stereocenters. The van der Waals surface area contributed by atoms with Gasteiger partial charge >= 0.3 is 0 Å². The predicted molar refractivity (Wildman–Crippen MR) is 102 cm³/mol. The normalized spacial score (nSPS) is 13.5. The van der Waals surface area contributed by atoms with E-state index in [0.29, 0.717) is 27.0 Å². The number of amides is 1. The number of anilines is 1. The standard InChI is InChI=1S/C19H17ClN2O2S/c1-24-15-9-8-14(20)17-16(15)21-19(25-17)22-18(23)13-7-6-11-4-2-3-5-12(11)10-13/h6-10H,2-5H2,1H3,(H,21,22,23). The molecular weight excluding hydrogens is 356 g/mol. The van der Waals surface area contributed by atoms with Gasteiger partial charge in [-0.2, -0.15) is 0 Å². The van der Waals surface area contributed by atoms with E-state index in [0.717, 1.165) is 17.5 Å². The average molecular weight is 373 g/mol. The number of aromatic nitrogens is 1. The highest BCUT2D eigenvalue weighted by atomic mass is 35.5. The molecule has 0 atom stereocenters. The number of benzene rings is 2. The maximum absolute atomic E-state index is 12.6. The molecule has 4 nitrogen and oxygen atoms in total. The molecule has 4 rings (SSSR count). The van der Waals surface area contributed by atoms with E-state index in [1.54, 1.807) is 19.2 Å². The summed E-state index contributed by atoms with van der Waals surface area (Å²) in [6.45, 7) is 0. The molecule has 1 heterocycles. The van der Waals surface area contributed by atoms with Crippen LogP contribution in [0, 0.1) is 0 Å². The second-order valence-electron chi connectivity index (χ2n) is 6.09. The van der Waals surface area contributed by atoms with Crippen LogP contribution in [-0.4, -0.2) is 18.0 Å². The Morgan fingerprint density at radius 2 is 2.00 bits per heavy atom. The zero-order valence-electron chi connectivity index (χ0n) is 13.8. The van der Waals surface area contributed by atoms with Crippen LogP contribution in [0.5, 0.6) is 5.75 Å². The van der Waals surface area contributed by atoms with Gasteiger partial charge in [0.15, 0.2) is 5.13 Å². The van der Waals surface area contributed by atoms with Crippen LogP contribution < -0.4 is 10.1 Å². The molecule has 128 valence electrons. The molecule has 1 aromatic heterocycles. The number of carbonyl (C=O) groups excluding carboxylic acids is 1. The predicted octanol–water partition coefficient (Wildman–Crippen LogP) is 5.09. The van der Waals surface area contributed by atoms with Gasteiger partial charge in [0.25, 0.3) is 5.91 Å². The van der Waals surface area contributed by atoms with E-state index in [4.69, 9.17) is 16.3 Å². The summed E-state index contributed by atoms with van der Waals surface area (Å²) in [5, 5.41) is 4.00. The first-order chi connectivity index (χ1) is 12.2. The lowest BCUT2D eigenvalue weighted by Gasteiger charge is -2.16. The van der Waals surface area contributed by atoms with Crippen molar-refractivity contribution in [2.24, 2.45) is 0 Å². The van der Waals surface area contributed by atoms with Gasteiger partial charge in [-0.3, -0.25) is 10.1 Å². The molecule has 1 aliphatic rings. The molecule has 0 fully saturated rings. The summed E-state index contributed by atoms with van der Waals surface area (Å²) in [6, 6.07) is 9.52. The maximum atomic E-state index is 12.6. The van der Waals surface area contributed by atoms with Gasteiger partial charge in [0.05, 0.1) is 16.8 Å². The molecule has 1 amide bonds. The maximum Gasteiger partial charge on any atom is 0.257 e. The molecule has 0 saturated carbocycles. The van der Waals surface area contributed by atoms with Gasteiger partial charge < -0.3 is 4.74 Å². The topological polar surface area (TPSA) is 51.2 Å². The van der Waals surface area contributed by atoms with Crippen molar-refractivity contribution in [2.45, 2.75) is 25.7 Å². The Labute approximate surface area is 154 Å². The van der Waals surface area contributed by atoms with Crippen LogP contribution in [0.15, 0.2) is 30.3 Å². The Morgan fingerprint density at radius 1 is 1.20 bits per heavy atom. The minimum Gasteiger partial charge on any atom is -0.494 e. The third kappa shape index (κ3) is 3.10. The number of nitrogens with zero attached hydrogens (tertiary/aromatic N) is 1. The number of nitrogens with one attached hydrogen (secondary N) is 1. The van der Waals surface area contributed by atoms with Crippen molar-refractivity contribution in [3.05, 3.63) is 52.0 Å². The fraction of sp³-hybridized carbons (Fsp3) is 0.263. The summed E-state index contributed by atoms with van der Waals surface area (Å²) in [5.74, 6) is 0.493. The summed E-state index contributed by atoms with van der Waals surface area (Å²) in [5.41, 5.74) is 3.98. The number of hydrogen-bond donors (Lipinski definition) is 1. The number of ether oxygens (including phenoxy) is 1. The number of fused-ring (bicyclic) bond motifs is 2. The van der Waals surface area contributed by atoms with Crippen molar-refractivity contribution in [3.63, 3.8) is 0 Å². The summed E-state index contributed by atoms with van der Waals surface area (Å²) in [7, 11) is 1.59. The van der Waals surface area contributed by atoms with Crippen LogP contribution in [-0.2, 0) is 12.8 Å². The van der Waals surface area contributed by atoms with Gasteiger partial charge in [0.2, 0.25) is 0 Å². The zero-order chi connectivity index (χ0) is 17.4. The van der Waals surface area contributed by atoms with Crippen molar-refractivity contribution in [1.82, 2.24) is 4.98 Å². The molecule has 0 bridgehead atoms. The monoisotopic (exact) mass is 372 g/mol. The lowest BCUT2D eigenvalue weighted by Crippen LogP contribution is -2.13. The van der Waals surface area contributed by atoms with Crippen molar-refractivity contribution in [2.75, 3.05) is 12.4 Å². The lowest BCUT2D eigenvalue weighted by molar-refractivity contribution is 0.102. The number of thiazole rings is 1. The molecule has 1 N–H and O–H groups in total. The van der Waals surface area contributed by atoms with Crippen LogP contribution in [0.1, 0.15) is 34.3 Å². The van der Waals surface area contributed by atoms with Gasteiger partial charge in [-0.15, -0.1) is 0 Å². The molecule has 1 aliphatic carbocycles. The molecule has 0 spiro atoms. The Balaban J connectivity index is 1.62. The SMILES string of the molecule is COc1ccc(Cl)c2sc(NC(=O)c3ccc4c(c3)CCCC4)nc12. The highest BCUT2D eigenvalue weighted by Gasteiger charge is 2.16. The molecular formula is C19H17ClN2O2S. The Bertz CT molecular complexity index is 967. The second kappa shape index (κ2) is 6.65. The van der Waals surface area contributed by atoms with Gasteiger partial charge in [0.1, 0.15) is 11.3 Å². The molecule has 0 saturated heterocycles. The van der Waals surface area contributed by atoms with E-state index in [1.165, 1.54) is 35.3 Å². The van der Waals surface area contributed by atoms with Crippen LogP contribution in [0.25, 0.3) is 10.2 Å². The summed E-state index contributed by atoms with van der Waals surface area (Å²) in [6.07, 6.45) is 4.57. The first-order valence-corrected chi connectivity index (χ1v) is 9.41. The van der Waals surface area contributed by atoms with Crippen LogP contribution in [0.3, 0.4) is 0 Å². The van der Waals surface area contributed by atoms with Crippen molar-refractivity contribution < 1.29 is 9.53 Å². The van der Waals surface area contributed by atoms with E-state index >= 15 is 0 Å². The van der Waals surface area contributed by atoms with Gasteiger partial charge in [-0.05, 0) is 61.1 Å². The van der Waals surface area contributed by atoms with Crippen molar-refractivity contribution >= 4 is 44.2 Å². The summed E-state index contributed by atoms with van der Waals surface area (Å²) < 4.78 is 6.13. The van der Waals surface area contributed by atoms with E-state index < -0.39 is 0 Å². The van der Waals surface area contributed by atoms with Gasteiger partial charge in [-0.25, -0.2) is 4.98 Å². The van der Waals surface area contributed by atoms with Crippen molar-refractivity contribution in [3.8, 4) is 5.75 Å². The zero-order valence-corrected chi connectivity index (χ0v) is 15.3. The molecule has 0 radical (unpaired) electrons. The van der Waals surface area contributed by atoms with Crippen LogP contribution in [0.4, 0.5) is 5.13 Å². The molecule has 2 aromatic carbocycles. The summed E-state index contributed by atoms with van der Waals surface area (Å²) in [4.78, 5) is 17.1.